The molecule has 274 valence electrons. The number of aliphatic carboxylic acids is 1. The SMILES string of the molecule is CC(CC(C)(C)C)C(=O)NC1CCC(CCOc2ccc([C@H](CC(=O)O)N3CCN(CCCc4ccc5c(n4)NCCC5)C3=O)cc2F)CC1. The number of carbonyl (C=O) groups excluding carboxylic acids is 2. The summed E-state index contributed by atoms with van der Waals surface area (Å²) < 4.78 is 21.2. The summed E-state index contributed by atoms with van der Waals surface area (Å²) in [5.41, 5.74) is 2.78. The molecule has 10 nitrogen and oxygen atoms in total. The molecule has 3 aliphatic rings. The number of hydrogen-bond acceptors (Lipinski definition) is 6. The van der Waals surface area contributed by atoms with Crippen LogP contribution in [0.1, 0.15) is 108 Å². The second-order valence-corrected chi connectivity index (χ2v) is 15.7. The van der Waals surface area contributed by atoms with E-state index >= 15 is 4.39 Å². The van der Waals surface area contributed by atoms with Crippen molar-refractivity contribution in [1.29, 1.82) is 0 Å². The summed E-state index contributed by atoms with van der Waals surface area (Å²) in [6.45, 7) is 11.2. The molecule has 0 spiro atoms. The van der Waals surface area contributed by atoms with Gasteiger partial charge in [0.25, 0.3) is 0 Å². The molecular formula is C39H56FN5O5. The van der Waals surface area contributed by atoms with Gasteiger partial charge in [0.1, 0.15) is 5.82 Å². The maximum absolute atomic E-state index is 15.3. The van der Waals surface area contributed by atoms with Gasteiger partial charge in [-0.25, -0.2) is 14.2 Å². The molecule has 2 aromatic rings. The van der Waals surface area contributed by atoms with Crippen LogP contribution in [0.5, 0.6) is 5.75 Å². The Morgan fingerprint density at radius 2 is 1.92 bits per heavy atom. The average molecular weight is 694 g/mol. The molecular weight excluding hydrogens is 637 g/mol. The number of carboxylic acids is 1. The van der Waals surface area contributed by atoms with Gasteiger partial charge in [-0.3, -0.25) is 9.59 Å². The summed E-state index contributed by atoms with van der Waals surface area (Å²) in [6, 6.07) is 7.90. The number of ether oxygens (including phenoxy) is 1. The van der Waals surface area contributed by atoms with Crippen LogP contribution >= 0.6 is 0 Å². The van der Waals surface area contributed by atoms with Gasteiger partial charge in [0, 0.05) is 43.8 Å². The largest absolute Gasteiger partial charge is 0.491 e. The van der Waals surface area contributed by atoms with E-state index in [4.69, 9.17) is 9.72 Å². The number of aryl methyl sites for hydroxylation is 2. The minimum atomic E-state index is -1.05. The van der Waals surface area contributed by atoms with E-state index in [2.05, 4.69) is 43.5 Å². The molecule has 1 saturated carbocycles. The van der Waals surface area contributed by atoms with Crippen molar-refractivity contribution in [3.63, 3.8) is 0 Å². The molecule has 1 aromatic heterocycles. The third-order valence-electron chi connectivity index (χ3n) is 10.4. The maximum Gasteiger partial charge on any atom is 0.320 e. The Hall–Kier alpha value is -3.89. The van der Waals surface area contributed by atoms with Gasteiger partial charge >= 0.3 is 12.0 Å². The Morgan fingerprint density at radius 1 is 1.14 bits per heavy atom. The van der Waals surface area contributed by atoms with E-state index in [1.807, 2.05) is 6.92 Å². The lowest BCUT2D eigenvalue weighted by molar-refractivity contribution is -0.138. The number of fused-ring (bicyclic) bond motifs is 1. The molecule has 5 rings (SSSR count). The first-order valence-corrected chi connectivity index (χ1v) is 18.6. The molecule has 3 N–H and O–H groups in total. The van der Waals surface area contributed by atoms with Crippen molar-refractivity contribution in [3.05, 3.63) is 53.0 Å². The van der Waals surface area contributed by atoms with Gasteiger partial charge < -0.3 is 30.3 Å². The zero-order chi connectivity index (χ0) is 35.8. The van der Waals surface area contributed by atoms with E-state index in [1.54, 1.807) is 21.9 Å². The Morgan fingerprint density at radius 3 is 2.64 bits per heavy atom. The second kappa shape index (κ2) is 16.9. The Balaban J connectivity index is 1.08. The van der Waals surface area contributed by atoms with Crippen LogP contribution in [-0.2, 0) is 22.4 Å². The first-order valence-electron chi connectivity index (χ1n) is 18.6. The lowest BCUT2D eigenvalue weighted by Gasteiger charge is -2.31. The van der Waals surface area contributed by atoms with Crippen LogP contribution in [0, 0.1) is 23.1 Å². The molecule has 0 radical (unpaired) electrons. The lowest BCUT2D eigenvalue weighted by Crippen LogP contribution is -2.41. The molecule has 1 aliphatic carbocycles. The minimum absolute atomic E-state index is 0.0103. The number of benzene rings is 1. The van der Waals surface area contributed by atoms with Gasteiger partial charge in [0.2, 0.25) is 5.91 Å². The van der Waals surface area contributed by atoms with Crippen LogP contribution < -0.4 is 15.4 Å². The highest BCUT2D eigenvalue weighted by Crippen LogP contribution is 2.33. The average Bonchev–Trinajstić information content (AvgIpc) is 3.43. The predicted octanol–water partition coefficient (Wildman–Crippen LogP) is 6.98. The Kier molecular flexibility index (Phi) is 12.6. The number of pyridine rings is 1. The number of nitrogens with one attached hydrogen (secondary N) is 2. The zero-order valence-electron chi connectivity index (χ0n) is 30.3. The van der Waals surface area contributed by atoms with E-state index in [-0.39, 0.29) is 41.5 Å². The topological polar surface area (TPSA) is 124 Å². The summed E-state index contributed by atoms with van der Waals surface area (Å²) in [4.78, 5) is 46.0. The van der Waals surface area contributed by atoms with Gasteiger partial charge in [-0.15, -0.1) is 0 Å². The molecule has 2 aliphatic heterocycles. The normalized spacial score (nSPS) is 20.5. The molecule has 2 atom stereocenters. The number of amides is 3. The van der Waals surface area contributed by atoms with Crippen LogP contribution in [-0.4, -0.2) is 76.6 Å². The lowest BCUT2D eigenvalue weighted by atomic mass is 9.83. The summed E-state index contributed by atoms with van der Waals surface area (Å²) in [5, 5.41) is 16.3. The fourth-order valence-electron chi connectivity index (χ4n) is 7.76. The number of carbonyl (C=O) groups is 3. The molecule has 1 saturated heterocycles. The van der Waals surface area contributed by atoms with Gasteiger partial charge in [-0.2, -0.15) is 0 Å². The van der Waals surface area contributed by atoms with Gasteiger partial charge in [0.05, 0.1) is 19.1 Å². The number of hydrogen-bond donors (Lipinski definition) is 3. The van der Waals surface area contributed by atoms with E-state index in [0.717, 1.165) is 82.3 Å². The molecule has 1 unspecified atom stereocenters. The minimum Gasteiger partial charge on any atom is -0.491 e. The van der Waals surface area contributed by atoms with Gasteiger partial charge in [-0.1, -0.05) is 39.8 Å². The summed E-state index contributed by atoms with van der Waals surface area (Å²) in [7, 11) is 0. The fourth-order valence-corrected chi connectivity index (χ4v) is 7.76. The number of anilines is 1. The number of nitrogens with zero attached hydrogens (tertiary/aromatic N) is 3. The molecule has 2 fully saturated rings. The standard InChI is InChI=1S/C39H56FN5O5/c1-26(25-39(2,3)4)37(48)43-31-13-9-27(10-14-31)17-22-50-34-16-12-29(23-32(34)40)33(24-35(46)47)45-21-20-44(38(45)49)19-6-8-30-15-11-28-7-5-18-41-36(28)42-30/h11-12,15-16,23,26-27,31,33H,5-10,13-14,17-22,24-25H2,1-4H3,(H,41,42)(H,43,48)(H,46,47)/t26?,27?,31?,33-/m0/s1. The van der Waals surface area contributed by atoms with Crippen molar-refractivity contribution in [3.8, 4) is 5.75 Å². The summed E-state index contributed by atoms with van der Waals surface area (Å²) in [6.07, 6.45) is 8.80. The second-order valence-electron chi connectivity index (χ2n) is 15.7. The molecule has 3 amide bonds. The third kappa shape index (κ3) is 10.3. The van der Waals surface area contributed by atoms with Crippen molar-refractivity contribution >= 4 is 23.7 Å². The van der Waals surface area contributed by atoms with Crippen molar-refractivity contribution in [2.24, 2.45) is 17.3 Å². The fraction of sp³-hybridized carbons (Fsp3) is 0.641. The Labute approximate surface area is 296 Å². The number of rotatable bonds is 15. The van der Waals surface area contributed by atoms with Crippen molar-refractivity contribution in [2.75, 3.05) is 38.1 Å². The van der Waals surface area contributed by atoms with Crippen LogP contribution in [0.3, 0.4) is 0 Å². The number of aromatic nitrogens is 1. The molecule has 1 aromatic carbocycles. The van der Waals surface area contributed by atoms with Crippen LogP contribution in [0.4, 0.5) is 15.0 Å². The maximum atomic E-state index is 15.3. The van der Waals surface area contributed by atoms with E-state index in [0.29, 0.717) is 37.7 Å². The number of urea groups is 1. The zero-order valence-corrected chi connectivity index (χ0v) is 30.3. The summed E-state index contributed by atoms with van der Waals surface area (Å²) in [5.74, 6) is 0.0372. The molecule has 3 heterocycles. The smallest absolute Gasteiger partial charge is 0.320 e. The highest BCUT2D eigenvalue weighted by atomic mass is 19.1. The summed E-state index contributed by atoms with van der Waals surface area (Å²) >= 11 is 0. The van der Waals surface area contributed by atoms with E-state index in [9.17, 15) is 19.5 Å². The number of carboxylic acid groups (broad SMARTS) is 1. The van der Waals surface area contributed by atoms with Gasteiger partial charge in [-0.05, 0) is 105 Å². The number of halogens is 1. The molecule has 50 heavy (non-hydrogen) atoms. The quantitative estimate of drug-likeness (QED) is 0.184. The van der Waals surface area contributed by atoms with Crippen molar-refractivity contribution in [1.82, 2.24) is 20.1 Å². The third-order valence-corrected chi connectivity index (χ3v) is 10.4. The Bertz CT molecular complexity index is 1490. The van der Waals surface area contributed by atoms with Crippen LogP contribution in [0.15, 0.2) is 30.3 Å². The molecule has 0 bridgehead atoms. The van der Waals surface area contributed by atoms with Crippen LogP contribution in [0.2, 0.25) is 0 Å². The van der Waals surface area contributed by atoms with Crippen LogP contribution in [0.25, 0.3) is 0 Å². The first-order chi connectivity index (χ1) is 23.9. The van der Waals surface area contributed by atoms with Crippen molar-refractivity contribution in [2.45, 2.75) is 110 Å². The van der Waals surface area contributed by atoms with E-state index < -0.39 is 17.8 Å². The monoisotopic (exact) mass is 693 g/mol. The first kappa shape index (κ1) is 37.4. The highest BCUT2D eigenvalue weighted by molar-refractivity contribution is 5.79. The highest BCUT2D eigenvalue weighted by Gasteiger charge is 2.36. The van der Waals surface area contributed by atoms with Gasteiger partial charge in [0.15, 0.2) is 11.6 Å². The molecule has 11 heteroatoms. The predicted molar refractivity (Wildman–Crippen MR) is 192 cm³/mol. The van der Waals surface area contributed by atoms with Crippen molar-refractivity contribution < 1.29 is 28.6 Å². The van der Waals surface area contributed by atoms with E-state index in [1.165, 1.54) is 11.6 Å².